The Morgan fingerprint density at radius 2 is 2.24 bits per heavy atom. The molecule has 0 saturated heterocycles. The molecule has 0 bridgehead atoms. The molecule has 1 aromatic carbocycles. The minimum atomic E-state index is -0.163. The lowest BCUT2D eigenvalue weighted by Crippen LogP contribution is -2.16. The number of rotatable bonds is 4. The van der Waals surface area contributed by atoms with Gasteiger partial charge >= 0.3 is 0 Å². The van der Waals surface area contributed by atoms with E-state index in [-0.39, 0.29) is 6.04 Å². The van der Waals surface area contributed by atoms with Crippen LogP contribution in [0, 0.1) is 0 Å². The van der Waals surface area contributed by atoms with Gasteiger partial charge in [0.15, 0.2) is 0 Å². The van der Waals surface area contributed by atoms with Gasteiger partial charge < -0.3 is 15.0 Å². The van der Waals surface area contributed by atoms with Crippen LogP contribution in [0.3, 0.4) is 0 Å². The number of hydrogen-bond donors (Lipinski definition) is 1. The lowest BCUT2D eigenvalue weighted by molar-refractivity contribution is 0.415. The average molecular weight is 299 g/mol. The number of methoxy groups -OCH3 is 1. The topological polar surface area (TPSA) is 53.1 Å². The molecule has 0 spiro atoms. The molecule has 3 aromatic rings. The van der Waals surface area contributed by atoms with E-state index in [2.05, 4.69) is 22.1 Å². The summed E-state index contributed by atoms with van der Waals surface area (Å²) in [6, 6.07) is 10.6. The van der Waals surface area contributed by atoms with E-state index < -0.39 is 0 Å². The number of hydrogen-bond acceptors (Lipinski definition) is 4. The molecule has 21 heavy (non-hydrogen) atoms. The first-order valence-electron chi connectivity index (χ1n) is 7.13. The van der Waals surface area contributed by atoms with Crippen molar-refractivity contribution in [3.8, 4) is 5.75 Å². The van der Waals surface area contributed by atoms with Crippen LogP contribution in [0.5, 0.6) is 5.75 Å². The Balaban J connectivity index is 1.89. The van der Waals surface area contributed by atoms with Crippen molar-refractivity contribution in [2.24, 2.45) is 5.73 Å². The number of aromatic nitrogens is 2. The van der Waals surface area contributed by atoms with Gasteiger partial charge in [-0.05, 0) is 36.4 Å². The summed E-state index contributed by atoms with van der Waals surface area (Å²) in [4.78, 5) is 5.96. The lowest BCUT2D eigenvalue weighted by Gasteiger charge is -2.13. The minimum absolute atomic E-state index is 0.163. The van der Waals surface area contributed by atoms with E-state index >= 15 is 0 Å². The molecule has 2 N–H and O–H groups in total. The van der Waals surface area contributed by atoms with E-state index in [1.165, 1.54) is 12.8 Å². The number of benzene rings is 1. The van der Waals surface area contributed by atoms with Gasteiger partial charge in [-0.1, -0.05) is 6.07 Å². The zero-order valence-corrected chi connectivity index (χ0v) is 12.6. The van der Waals surface area contributed by atoms with Crippen LogP contribution in [0.15, 0.2) is 35.7 Å². The Bertz CT molecular complexity index is 774. The van der Waals surface area contributed by atoms with Crippen molar-refractivity contribution in [2.45, 2.75) is 24.9 Å². The van der Waals surface area contributed by atoms with Crippen LogP contribution in [0.1, 0.15) is 35.6 Å². The quantitative estimate of drug-likeness (QED) is 0.802. The van der Waals surface area contributed by atoms with Gasteiger partial charge in [-0.15, -0.1) is 11.3 Å². The number of nitrogens with zero attached hydrogens (tertiary/aromatic N) is 2. The van der Waals surface area contributed by atoms with Gasteiger partial charge in [0.1, 0.15) is 11.6 Å². The third-order valence-corrected chi connectivity index (χ3v) is 4.92. The molecule has 1 fully saturated rings. The van der Waals surface area contributed by atoms with E-state index in [0.29, 0.717) is 6.04 Å². The number of fused-ring (bicyclic) bond motifs is 1. The van der Waals surface area contributed by atoms with Crippen molar-refractivity contribution in [1.29, 1.82) is 0 Å². The van der Waals surface area contributed by atoms with Gasteiger partial charge in [0.2, 0.25) is 0 Å². The summed E-state index contributed by atoms with van der Waals surface area (Å²) in [5.74, 6) is 1.79. The van der Waals surface area contributed by atoms with Crippen molar-refractivity contribution >= 4 is 22.4 Å². The molecule has 1 unspecified atom stereocenters. The van der Waals surface area contributed by atoms with Crippen molar-refractivity contribution in [3.05, 3.63) is 46.4 Å². The zero-order chi connectivity index (χ0) is 14.4. The van der Waals surface area contributed by atoms with Gasteiger partial charge in [-0.25, -0.2) is 4.98 Å². The number of imidazole rings is 1. The van der Waals surface area contributed by atoms with Crippen LogP contribution in [0.2, 0.25) is 0 Å². The first kappa shape index (κ1) is 12.9. The molecule has 4 rings (SSSR count). The molecule has 2 heterocycles. The molecule has 0 aliphatic heterocycles. The maximum Gasteiger partial charge on any atom is 0.132 e. The Hall–Kier alpha value is -1.85. The second kappa shape index (κ2) is 4.86. The summed E-state index contributed by atoms with van der Waals surface area (Å²) in [5.41, 5.74) is 8.57. The van der Waals surface area contributed by atoms with Crippen LogP contribution in [0.4, 0.5) is 0 Å². The van der Waals surface area contributed by atoms with Gasteiger partial charge in [-0.2, -0.15) is 0 Å². The summed E-state index contributed by atoms with van der Waals surface area (Å²) >= 11 is 1.68. The molecule has 5 heteroatoms. The second-order valence-electron chi connectivity index (χ2n) is 5.42. The Morgan fingerprint density at radius 1 is 1.38 bits per heavy atom. The second-order valence-corrected chi connectivity index (χ2v) is 6.40. The third-order valence-electron chi connectivity index (χ3n) is 3.96. The highest BCUT2D eigenvalue weighted by Gasteiger charge is 2.30. The summed E-state index contributed by atoms with van der Waals surface area (Å²) in [6.07, 6.45) is 2.42. The van der Waals surface area contributed by atoms with Crippen molar-refractivity contribution in [1.82, 2.24) is 9.55 Å². The largest absolute Gasteiger partial charge is 0.497 e. The fraction of sp³-hybridized carbons (Fsp3) is 0.312. The fourth-order valence-corrected chi connectivity index (χ4v) is 3.48. The summed E-state index contributed by atoms with van der Waals surface area (Å²) < 4.78 is 7.62. The van der Waals surface area contributed by atoms with E-state index in [4.69, 9.17) is 15.5 Å². The van der Waals surface area contributed by atoms with Crippen LogP contribution < -0.4 is 10.5 Å². The molecule has 1 saturated carbocycles. The number of thiophene rings is 1. The van der Waals surface area contributed by atoms with Crippen molar-refractivity contribution in [3.63, 3.8) is 0 Å². The maximum absolute atomic E-state index is 6.46. The smallest absolute Gasteiger partial charge is 0.132 e. The minimum Gasteiger partial charge on any atom is -0.497 e. The van der Waals surface area contributed by atoms with Crippen LogP contribution in [-0.2, 0) is 0 Å². The zero-order valence-electron chi connectivity index (χ0n) is 11.8. The van der Waals surface area contributed by atoms with E-state index in [9.17, 15) is 0 Å². The van der Waals surface area contributed by atoms with E-state index in [1.807, 2.05) is 18.2 Å². The van der Waals surface area contributed by atoms with Gasteiger partial charge in [0.05, 0.1) is 24.2 Å². The summed E-state index contributed by atoms with van der Waals surface area (Å²) in [7, 11) is 1.68. The molecule has 0 amide bonds. The number of nitrogens with two attached hydrogens (primary N) is 1. The average Bonchev–Trinajstić information content (AvgIpc) is 3.06. The standard InChI is InChI=1S/C16H17N3OS/c1-20-11-6-7-13-12(9-11)18-16(19(13)10-4-5-10)15(17)14-3-2-8-21-14/h2-3,6-10,15H,4-5,17H2,1H3. The Morgan fingerprint density at radius 3 is 2.90 bits per heavy atom. The van der Waals surface area contributed by atoms with E-state index in [0.717, 1.165) is 27.5 Å². The van der Waals surface area contributed by atoms with Crippen molar-refractivity contribution in [2.75, 3.05) is 7.11 Å². The maximum atomic E-state index is 6.46. The van der Waals surface area contributed by atoms with Crippen LogP contribution >= 0.6 is 11.3 Å². The van der Waals surface area contributed by atoms with Gasteiger partial charge in [0.25, 0.3) is 0 Å². The van der Waals surface area contributed by atoms with Gasteiger partial charge in [0, 0.05) is 17.0 Å². The molecule has 1 aliphatic rings. The monoisotopic (exact) mass is 299 g/mol. The highest BCUT2D eigenvalue weighted by Crippen LogP contribution is 2.41. The molecular weight excluding hydrogens is 282 g/mol. The molecule has 4 nitrogen and oxygen atoms in total. The first-order valence-corrected chi connectivity index (χ1v) is 8.01. The van der Waals surface area contributed by atoms with Crippen molar-refractivity contribution < 1.29 is 4.74 Å². The van der Waals surface area contributed by atoms with Crippen LogP contribution in [-0.4, -0.2) is 16.7 Å². The predicted octanol–water partition coefficient (Wildman–Crippen LogP) is 3.49. The molecule has 0 radical (unpaired) electrons. The van der Waals surface area contributed by atoms with Gasteiger partial charge in [-0.3, -0.25) is 0 Å². The third kappa shape index (κ3) is 2.13. The summed E-state index contributed by atoms with van der Waals surface area (Å²) in [5, 5.41) is 2.06. The SMILES string of the molecule is COc1ccc2c(c1)nc(C(N)c1cccs1)n2C1CC1. The normalized spacial score (nSPS) is 16.3. The highest BCUT2D eigenvalue weighted by molar-refractivity contribution is 7.10. The fourth-order valence-electron chi connectivity index (χ4n) is 2.76. The predicted molar refractivity (Wildman–Crippen MR) is 84.9 cm³/mol. The number of ether oxygens (including phenoxy) is 1. The summed E-state index contributed by atoms with van der Waals surface area (Å²) in [6.45, 7) is 0. The molecule has 1 aliphatic carbocycles. The first-order chi connectivity index (χ1) is 10.3. The molecule has 1 atom stereocenters. The molecule has 108 valence electrons. The molecule has 2 aromatic heterocycles. The van der Waals surface area contributed by atoms with E-state index in [1.54, 1.807) is 18.4 Å². The Kier molecular flexibility index (Phi) is 2.97. The van der Waals surface area contributed by atoms with Crippen LogP contribution in [0.25, 0.3) is 11.0 Å². The highest BCUT2D eigenvalue weighted by atomic mass is 32.1. The molecular formula is C16H17N3OS. The Labute approximate surface area is 127 Å². The lowest BCUT2D eigenvalue weighted by atomic mass is 10.2.